The molecule has 0 radical (unpaired) electrons. The lowest BCUT2D eigenvalue weighted by Crippen LogP contribution is -2.05. The highest BCUT2D eigenvalue weighted by Crippen LogP contribution is 2.24. The van der Waals surface area contributed by atoms with Gasteiger partial charge in [0.15, 0.2) is 5.78 Å². The minimum atomic E-state index is 0.0545. The van der Waals surface area contributed by atoms with Crippen LogP contribution < -0.4 is 5.32 Å². The molecular formula is C15H18N2O. The Hall–Kier alpha value is -1.90. The number of carbonyl (C=O) groups is 1. The number of anilines is 1. The van der Waals surface area contributed by atoms with Gasteiger partial charge in [0, 0.05) is 23.7 Å². The van der Waals surface area contributed by atoms with Crippen molar-refractivity contribution in [3.05, 3.63) is 36.0 Å². The summed E-state index contributed by atoms with van der Waals surface area (Å²) >= 11 is 0. The Morgan fingerprint density at radius 2 is 2.00 bits per heavy atom. The standard InChI is InChI=1S/C15H18N2O/c1-3-4-9-16-15-13-8-6-5-7-12(13)14(10-17-15)11(2)18/h5-8,10H,3-4,9H2,1-2H3,(H,16,17). The SMILES string of the molecule is CCCCNc1ncc(C(C)=O)c2ccccc12. The minimum Gasteiger partial charge on any atom is -0.370 e. The second kappa shape index (κ2) is 5.63. The normalized spacial score (nSPS) is 10.6. The Morgan fingerprint density at radius 1 is 1.28 bits per heavy atom. The highest BCUT2D eigenvalue weighted by atomic mass is 16.1. The van der Waals surface area contributed by atoms with Gasteiger partial charge in [0.25, 0.3) is 0 Å². The number of Topliss-reactive ketones (excluding diaryl/α,β-unsaturated/α-hetero) is 1. The van der Waals surface area contributed by atoms with Gasteiger partial charge in [-0.2, -0.15) is 0 Å². The van der Waals surface area contributed by atoms with Gasteiger partial charge in [-0.05, 0) is 18.7 Å². The number of nitrogens with zero attached hydrogens (tertiary/aromatic N) is 1. The number of benzene rings is 1. The van der Waals surface area contributed by atoms with Gasteiger partial charge in [-0.15, -0.1) is 0 Å². The quantitative estimate of drug-likeness (QED) is 0.642. The van der Waals surface area contributed by atoms with Crippen molar-refractivity contribution in [2.75, 3.05) is 11.9 Å². The van der Waals surface area contributed by atoms with Crippen LogP contribution in [0.3, 0.4) is 0 Å². The maximum absolute atomic E-state index is 11.6. The number of carbonyl (C=O) groups excluding carboxylic acids is 1. The van der Waals surface area contributed by atoms with Crippen molar-refractivity contribution in [3.63, 3.8) is 0 Å². The average Bonchev–Trinajstić information content (AvgIpc) is 2.38. The van der Waals surface area contributed by atoms with Crippen LogP contribution in [0.1, 0.15) is 37.0 Å². The number of hydrogen-bond donors (Lipinski definition) is 1. The van der Waals surface area contributed by atoms with Crippen molar-refractivity contribution in [3.8, 4) is 0 Å². The molecule has 3 heteroatoms. The molecule has 0 bridgehead atoms. The van der Waals surface area contributed by atoms with Gasteiger partial charge in [-0.1, -0.05) is 37.6 Å². The summed E-state index contributed by atoms with van der Waals surface area (Å²) in [5.41, 5.74) is 0.687. The smallest absolute Gasteiger partial charge is 0.161 e. The summed E-state index contributed by atoms with van der Waals surface area (Å²) in [6.07, 6.45) is 3.93. The first kappa shape index (κ1) is 12.6. The van der Waals surface area contributed by atoms with E-state index in [0.29, 0.717) is 5.56 Å². The van der Waals surface area contributed by atoms with Gasteiger partial charge in [0.2, 0.25) is 0 Å². The highest BCUT2D eigenvalue weighted by molar-refractivity contribution is 6.09. The van der Waals surface area contributed by atoms with Crippen LogP contribution in [0.15, 0.2) is 30.5 Å². The summed E-state index contributed by atoms with van der Waals surface area (Å²) in [5.74, 6) is 0.919. The summed E-state index contributed by atoms with van der Waals surface area (Å²) in [6.45, 7) is 4.65. The van der Waals surface area contributed by atoms with Gasteiger partial charge < -0.3 is 5.32 Å². The number of hydrogen-bond acceptors (Lipinski definition) is 3. The van der Waals surface area contributed by atoms with Crippen molar-refractivity contribution in [1.82, 2.24) is 4.98 Å². The Labute approximate surface area is 107 Å². The minimum absolute atomic E-state index is 0.0545. The molecule has 2 aromatic rings. The topological polar surface area (TPSA) is 42.0 Å². The molecular weight excluding hydrogens is 224 g/mol. The summed E-state index contributed by atoms with van der Waals surface area (Å²) < 4.78 is 0. The molecule has 18 heavy (non-hydrogen) atoms. The maximum Gasteiger partial charge on any atom is 0.161 e. The Kier molecular flexibility index (Phi) is 3.92. The molecule has 2 rings (SSSR count). The lowest BCUT2D eigenvalue weighted by Gasteiger charge is -2.10. The van der Waals surface area contributed by atoms with Gasteiger partial charge >= 0.3 is 0 Å². The second-order valence-corrected chi connectivity index (χ2v) is 4.40. The third kappa shape index (κ3) is 2.50. The predicted octanol–water partition coefficient (Wildman–Crippen LogP) is 3.65. The van der Waals surface area contributed by atoms with E-state index in [-0.39, 0.29) is 5.78 Å². The van der Waals surface area contributed by atoms with E-state index in [2.05, 4.69) is 17.2 Å². The van der Waals surface area contributed by atoms with Crippen molar-refractivity contribution < 1.29 is 4.79 Å². The highest BCUT2D eigenvalue weighted by Gasteiger charge is 2.09. The van der Waals surface area contributed by atoms with Crippen molar-refractivity contribution in [2.45, 2.75) is 26.7 Å². The molecule has 0 spiro atoms. The van der Waals surface area contributed by atoms with E-state index in [1.807, 2.05) is 24.3 Å². The van der Waals surface area contributed by atoms with Crippen LogP contribution in [-0.2, 0) is 0 Å². The number of aromatic nitrogens is 1. The number of unbranched alkanes of at least 4 members (excludes halogenated alkanes) is 1. The third-order valence-corrected chi connectivity index (χ3v) is 3.00. The fourth-order valence-corrected chi connectivity index (χ4v) is 2.00. The molecule has 0 aliphatic heterocycles. The summed E-state index contributed by atoms with van der Waals surface area (Å²) in [6, 6.07) is 7.89. The summed E-state index contributed by atoms with van der Waals surface area (Å²) in [7, 11) is 0. The van der Waals surface area contributed by atoms with Crippen LogP contribution in [0.5, 0.6) is 0 Å². The van der Waals surface area contributed by atoms with Crippen molar-refractivity contribution in [2.24, 2.45) is 0 Å². The largest absolute Gasteiger partial charge is 0.370 e. The molecule has 94 valence electrons. The van der Waals surface area contributed by atoms with E-state index in [0.717, 1.165) is 36.0 Å². The first-order valence-corrected chi connectivity index (χ1v) is 6.36. The lowest BCUT2D eigenvalue weighted by molar-refractivity contribution is 0.101. The Balaban J connectivity index is 2.44. The zero-order valence-corrected chi connectivity index (χ0v) is 10.9. The van der Waals surface area contributed by atoms with E-state index in [1.165, 1.54) is 0 Å². The Morgan fingerprint density at radius 3 is 2.67 bits per heavy atom. The van der Waals surface area contributed by atoms with Gasteiger partial charge in [0.05, 0.1) is 0 Å². The van der Waals surface area contributed by atoms with E-state index >= 15 is 0 Å². The molecule has 1 aromatic carbocycles. The Bertz CT molecular complexity index is 563. The number of nitrogens with one attached hydrogen (secondary N) is 1. The first-order chi connectivity index (χ1) is 8.74. The molecule has 3 nitrogen and oxygen atoms in total. The molecule has 1 heterocycles. The fourth-order valence-electron chi connectivity index (χ4n) is 2.00. The van der Waals surface area contributed by atoms with Crippen LogP contribution in [0.2, 0.25) is 0 Å². The molecule has 0 saturated heterocycles. The molecule has 0 saturated carbocycles. The molecule has 0 aliphatic carbocycles. The molecule has 0 aliphatic rings. The van der Waals surface area contributed by atoms with Crippen LogP contribution in [0.25, 0.3) is 10.8 Å². The number of pyridine rings is 1. The molecule has 1 N–H and O–H groups in total. The van der Waals surface area contributed by atoms with E-state index in [4.69, 9.17) is 0 Å². The molecule has 0 amide bonds. The summed E-state index contributed by atoms with van der Waals surface area (Å²) in [5, 5.41) is 5.32. The lowest BCUT2D eigenvalue weighted by atomic mass is 10.0. The predicted molar refractivity (Wildman–Crippen MR) is 75.1 cm³/mol. The van der Waals surface area contributed by atoms with E-state index in [9.17, 15) is 4.79 Å². The van der Waals surface area contributed by atoms with E-state index < -0.39 is 0 Å². The van der Waals surface area contributed by atoms with Crippen molar-refractivity contribution in [1.29, 1.82) is 0 Å². The van der Waals surface area contributed by atoms with E-state index in [1.54, 1.807) is 13.1 Å². The maximum atomic E-state index is 11.6. The monoisotopic (exact) mass is 242 g/mol. The van der Waals surface area contributed by atoms with Crippen molar-refractivity contribution >= 4 is 22.4 Å². The molecule has 0 fully saturated rings. The molecule has 0 unspecified atom stereocenters. The van der Waals surface area contributed by atoms with Crippen LogP contribution >= 0.6 is 0 Å². The fraction of sp³-hybridized carbons (Fsp3) is 0.333. The van der Waals surface area contributed by atoms with Gasteiger partial charge in [-0.25, -0.2) is 4.98 Å². The number of rotatable bonds is 5. The number of ketones is 1. The first-order valence-electron chi connectivity index (χ1n) is 6.36. The van der Waals surface area contributed by atoms with Gasteiger partial charge in [-0.3, -0.25) is 4.79 Å². The molecule has 1 aromatic heterocycles. The third-order valence-electron chi connectivity index (χ3n) is 3.00. The zero-order chi connectivity index (χ0) is 13.0. The average molecular weight is 242 g/mol. The van der Waals surface area contributed by atoms with Crippen LogP contribution in [0, 0.1) is 0 Å². The zero-order valence-electron chi connectivity index (χ0n) is 10.9. The summed E-state index contributed by atoms with van der Waals surface area (Å²) in [4.78, 5) is 15.9. The number of fused-ring (bicyclic) bond motifs is 1. The van der Waals surface area contributed by atoms with Crippen LogP contribution in [-0.4, -0.2) is 17.3 Å². The molecule has 0 atom stereocenters. The van der Waals surface area contributed by atoms with Gasteiger partial charge in [0.1, 0.15) is 5.82 Å². The van der Waals surface area contributed by atoms with Crippen LogP contribution in [0.4, 0.5) is 5.82 Å². The second-order valence-electron chi connectivity index (χ2n) is 4.40.